The van der Waals surface area contributed by atoms with Crippen molar-refractivity contribution in [3.05, 3.63) is 59.7 Å². The van der Waals surface area contributed by atoms with E-state index < -0.39 is 0 Å². The summed E-state index contributed by atoms with van der Waals surface area (Å²) in [6.45, 7) is 17.0. The second kappa shape index (κ2) is 7.21. The third-order valence-electron chi connectivity index (χ3n) is 7.27. The fourth-order valence-corrected chi connectivity index (χ4v) is 4.89. The van der Waals surface area contributed by atoms with Crippen LogP contribution in [0.15, 0.2) is 48.5 Å². The Bertz CT molecular complexity index is 929. The Morgan fingerprint density at radius 2 is 1.03 bits per heavy atom. The number of fused-ring (bicyclic) bond motifs is 2. The summed E-state index contributed by atoms with van der Waals surface area (Å²) in [5.41, 5.74) is 8.48. The molecule has 0 spiro atoms. The van der Waals surface area contributed by atoms with E-state index in [9.17, 15) is 0 Å². The smallest absolute Gasteiger partial charge is 0.209 e. The molecule has 152 valence electrons. The van der Waals surface area contributed by atoms with Crippen LogP contribution in [0.2, 0.25) is 0 Å². The number of nitrogens with zero attached hydrogens (tertiary/aromatic N) is 2. The monoisotopic (exact) mass is 390 g/mol. The van der Waals surface area contributed by atoms with E-state index in [1.807, 2.05) is 0 Å². The van der Waals surface area contributed by atoms with Crippen LogP contribution in [-0.2, 0) is 15.6 Å². The molecule has 0 radical (unpaired) electrons. The van der Waals surface area contributed by atoms with Gasteiger partial charge in [0.2, 0.25) is 11.4 Å². The lowest BCUT2D eigenvalue weighted by molar-refractivity contribution is -0.453. The van der Waals surface area contributed by atoms with Crippen LogP contribution >= 0.6 is 0 Å². The fraction of sp³-hybridized carbons (Fsp3) is 0.462. The zero-order valence-corrected chi connectivity index (χ0v) is 18.7. The molecule has 4 rings (SSSR count). The molecule has 3 heteroatoms. The van der Waals surface area contributed by atoms with Crippen LogP contribution in [0.1, 0.15) is 52.7 Å². The molecule has 2 aromatic rings. The quantitative estimate of drug-likeness (QED) is 0.489. The average molecular weight is 391 g/mol. The van der Waals surface area contributed by atoms with Gasteiger partial charge in [-0.25, -0.2) is 0 Å². The molecule has 0 bridgehead atoms. The Kier molecular flexibility index (Phi) is 4.98. The number of hydrogen-bond acceptors (Lipinski definition) is 1. The Hall–Kier alpha value is -2.26. The molecule has 0 N–H and O–H groups in total. The molecule has 0 aliphatic carbocycles. The highest BCUT2D eigenvalue weighted by Crippen LogP contribution is 2.40. The van der Waals surface area contributed by atoms with Crippen LogP contribution in [-0.4, -0.2) is 46.9 Å². The van der Waals surface area contributed by atoms with Crippen molar-refractivity contribution in [1.29, 1.82) is 0 Å². The summed E-state index contributed by atoms with van der Waals surface area (Å²) in [5, 5.41) is 0. The van der Waals surface area contributed by atoms with Gasteiger partial charge in [-0.15, -0.1) is 0 Å². The molecule has 2 aliphatic heterocycles. The first-order valence-corrected chi connectivity index (χ1v) is 10.8. The lowest BCUT2D eigenvalue weighted by Gasteiger charge is -2.14. The molecule has 2 aliphatic rings. The van der Waals surface area contributed by atoms with Crippen LogP contribution in [0.25, 0.3) is 0 Å². The minimum absolute atomic E-state index is 0.0908. The molecule has 0 fully saturated rings. The molecule has 29 heavy (non-hydrogen) atoms. The van der Waals surface area contributed by atoms with Crippen molar-refractivity contribution in [2.45, 2.75) is 52.4 Å². The van der Waals surface area contributed by atoms with Crippen molar-refractivity contribution >= 4 is 22.8 Å². The van der Waals surface area contributed by atoms with Crippen LogP contribution in [0, 0.1) is 0 Å². The fourth-order valence-electron chi connectivity index (χ4n) is 4.89. The molecule has 2 aromatic carbocycles. The molecular weight excluding hydrogens is 356 g/mol. The van der Waals surface area contributed by atoms with Crippen LogP contribution in [0.5, 0.6) is 0 Å². The van der Waals surface area contributed by atoms with Gasteiger partial charge < -0.3 is 4.74 Å². The maximum atomic E-state index is 6.11. The summed E-state index contributed by atoms with van der Waals surface area (Å²) in [5.74, 6) is 0. The van der Waals surface area contributed by atoms with Crippen molar-refractivity contribution in [3.63, 3.8) is 0 Å². The van der Waals surface area contributed by atoms with Gasteiger partial charge in [-0.1, -0.05) is 36.4 Å². The second-order valence-electron chi connectivity index (χ2n) is 9.37. The predicted octanol–water partition coefficient (Wildman–Crippen LogP) is 5.20. The Labute approximate surface area is 175 Å². The highest BCUT2D eigenvalue weighted by atomic mass is 16.5. The van der Waals surface area contributed by atoms with Crippen molar-refractivity contribution in [2.75, 3.05) is 26.3 Å². The van der Waals surface area contributed by atoms with Crippen LogP contribution in [0.3, 0.4) is 0 Å². The maximum Gasteiger partial charge on any atom is 0.209 e. The first kappa shape index (κ1) is 20.0. The summed E-state index contributed by atoms with van der Waals surface area (Å²) in [6, 6.07) is 17.5. The molecular formula is C26H34N2O+2. The van der Waals surface area contributed by atoms with Gasteiger partial charge in [0.25, 0.3) is 0 Å². The van der Waals surface area contributed by atoms with E-state index in [1.54, 1.807) is 0 Å². The summed E-state index contributed by atoms with van der Waals surface area (Å²) < 4.78 is 11.0. The van der Waals surface area contributed by atoms with Gasteiger partial charge in [-0.2, -0.15) is 9.15 Å². The summed E-state index contributed by atoms with van der Waals surface area (Å²) >= 11 is 0. The van der Waals surface area contributed by atoms with Crippen molar-refractivity contribution in [2.24, 2.45) is 0 Å². The molecule has 0 saturated heterocycles. The third-order valence-corrected chi connectivity index (χ3v) is 7.27. The first-order chi connectivity index (χ1) is 13.8. The highest BCUT2D eigenvalue weighted by molar-refractivity contribution is 5.93. The van der Waals surface area contributed by atoms with Crippen molar-refractivity contribution < 1.29 is 13.9 Å². The highest BCUT2D eigenvalue weighted by Gasteiger charge is 2.43. The predicted molar refractivity (Wildman–Crippen MR) is 121 cm³/mol. The largest absolute Gasteiger partial charge is 0.368 e. The molecule has 0 aromatic heterocycles. The Morgan fingerprint density at radius 3 is 1.45 bits per heavy atom. The number of hydrogen-bond donors (Lipinski definition) is 0. The summed E-state index contributed by atoms with van der Waals surface area (Å²) in [6.07, 6.45) is 0. The zero-order chi connectivity index (χ0) is 20.8. The van der Waals surface area contributed by atoms with E-state index in [0.717, 1.165) is 26.3 Å². The first-order valence-electron chi connectivity index (χ1n) is 10.8. The Morgan fingerprint density at radius 1 is 0.655 bits per heavy atom. The zero-order valence-electron chi connectivity index (χ0n) is 18.7. The SMILES string of the molecule is CC1=[N+](CCOCC[N+]2=C(C)C(C)(C)c3ccccc32)c2ccccc2C1(C)C. The molecule has 0 amide bonds. The molecule has 2 heterocycles. The van der Waals surface area contributed by atoms with Gasteiger partial charge in [0.1, 0.15) is 13.2 Å². The lowest BCUT2D eigenvalue weighted by atomic mass is 9.82. The van der Waals surface area contributed by atoms with Gasteiger partial charge in [0.05, 0.1) is 10.8 Å². The van der Waals surface area contributed by atoms with E-state index in [2.05, 4.69) is 99.2 Å². The number of rotatable bonds is 6. The number of para-hydroxylation sites is 2. The lowest BCUT2D eigenvalue weighted by Crippen LogP contribution is -2.28. The maximum absolute atomic E-state index is 6.11. The topological polar surface area (TPSA) is 15.2 Å². The third kappa shape index (κ3) is 3.16. The summed E-state index contributed by atoms with van der Waals surface area (Å²) in [7, 11) is 0. The second-order valence-corrected chi connectivity index (χ2v) is 9.37. The van der Waals surface area contributed by atoms with E-state index >= 15 is 0 Å². The van der Waals surface area contributed by atoms with Crippen LogP contribution < -0.4 is 0 Å². The van der Waals surface area contributed by atoms with Crippen molar-refractivity contribution in [1.82, 2.24) is 0 Å². The van der Waals surface area contributed by atoms with E-state index in [1.165, 1.54) is 33.9 Å². The van der Waals surface area contributed by atoms with Gasteiger partial charge in [-0.3, -0.25) is 0 Å². The normalized spacial score (nSPS) is 19.0. The molecule has 0 atom stereocenters. The average Bonchev–Trinajstić information content (AvgIpc) is 3.02. The van der Waals surface area contributed by atoms with E-state index in [4.69, 9.17) is 4.74 Å². The van der Waals surface area contributed by atoms with Crippen molar-refractivity contribution in [3.8, 4) is 0 Å². The summed E-state index contributed by atoms with van der Waals surface area (Å²) in [4.78, 5) is 0. The van der Waals surface area contributed by atoms with E-state index in [0.29, 0.717) is 0 Å². The Balaban J connectivity index is 1.39. The number of benzene rings is 2. The van der Waals surface area contributed by atoms with Gasteiger partial charge >= 0.3 is 0 Å². The minimum atomic E-state index is 0.0908. The molecule has 0 saturated carbocycles. The minimum Gasteiger partial charge on any atom is -0.368 e. The number of ether oxygens (including phenoxy) is 1. The van der Waals surface area contributed by atoms with E-state index in [-0.39, 0.29) is 10.8 Å². The van der Waals surface area contributed by atoms with Gasteiger partial charge in [0, 0.05) is 37.1 Å². The molecule has 0 unspecified atom stereocenters. The van der Waals surface area contributed by atoms with Gasteiger partial charge in [-0.05, 0) is 27.7 Å². The molecule has 3 nitrogen and oxygen atoms in total. The standard InChI is InChI=1S/C26H34N2O/c1-19-25(3,4)21-11-7-9-13-23(21)27(19)15-17-29-18-16-28-20(2)26(5,6)22-12-8-10-14-24(22)28/h7-14H,15-18H2,1-6H3/q+2. The van der Waals surface area contributed by atoms with Crippen LogP contribution in [0.4, 0.5) is 11.4 Å². The van der Waals surface area contributed by atoms with Gasteiger partial charge in [0.15, 0.2) is 24.5 Å².